The highest BCUT2D eigenvalue weighted by Gasteiger charge is 2.22. The monoisotopic (exact) mass is 401 g/mol. The summed E-state index contributed by atoms with van der Waals surface area (Å²) in [5.41, 5.74) is 0.0521. The minimum atomic E-state index is -0.532. The van der Waals surface area contributed by atoms with Crippen molar-refractivity contribution in [1.82, 2.24) is 25.3 Å². The van der Waals surface area contributed by atoms with Gasteiger partial charge in [0.25, 0.3) is 11.8 Å². The van der Waals surface area contributed by atoms with Crippen LogP contribution >= 0.6 is 11.3 Å². The van der Waals surface area contributed by atoms with Gasteiger partial charge in [-0.05, 0) is 18.5 Å². The normalized spacial score (nSPS) is 14.9. The largest absolute Gasteiger partial charge is 0.494 e. The summed E-state index contributed by atoms with van der Waals surface area (Å²) in [5.74, 6) is 0.822. The standard InChI is InChI=1S/C17H19N7O3S/c1-23-5-7-24(8-6-23)13-10-11(26-2)14(20-19-13)15(25)18-17-22-21-16(27-17)12-4-3-9-28-12/h3-4,9-10H,5-8H2,1-2H3,(H,18,22,25). The Morgan fingerprint density at radius 2 is 2.04 bits per heavy atom. The molecule has 0 aliphatic carbocycles. The minimum absolute atomic E-state index is 0.0135. The lowest BCUT2D eigenvalue weighted by molar-refractivity contribution is 0.101. The Labute approximate surface area is 165 Å². The lowest BCUT2D eigenvalue weighted by atomic mass is 10.3. The van der Waals surface area contributed by atoms with Crippen LogP contribution in [0, 0.1) is 0 Å². The van der Waals surface area contributed by atoms with Gasteiger partial charge >= 0.3 is 6.01 Å². The summed E-state index contributed by atoms with van der Waals surface area (Å²) < 4.78 is 10.8. The molecule has 0 atom stereocenters. The zero-order valence-corrected chi connectivity index (χ0v) is 16.3. The highest BCUT2D eigenvalue weighted by Crippen LogP contribution is 2.26. The lowest BCUT2D eigenvalue weighted by Crippen LogP contribution is -2.45. The van der Waals surface area contributed by atoms with Crippen LogP contribution in [-0.2, 0) is 0 Å². The van der Waals surface area contributed by atoms with Gasteiger partial charge in [-0.3, -0.25) is 10.1 Å². The number of nitrogens with one attached hydrogen (secondary N) is 1. The van der Waals surface area contributed by atoms with Crippen molar-refractivity contribution >= 4 is 29.1 Å². The van der Waals surface area contributed by atoms with Crippen LogP contribution in [0.15, 0.2) is 28.0 Å². The number of rotatable bonds is 5. The van der Waals surface area contributed by atoms with Gasteiger partial charge in [-0.15, -0.1) is 26.6 Å². The van der Waals surface area contributed by atoms with Crippen LogP contribution in [0.1, 0.15) is 10.5 Å². The Morgan fingerprint density at radius 1 is 1.21 bits per heavy atom. The summed E-state index contributed by atoms with van der Waals surface area (Å²) in [6.07, 6.45) is 0. The van der Waals surface area contributed by atoms with E-state index in [1.54, 1.807) is 6.07 Å². The number of hydrogen-bond donors (Lipinski definition) is 1. The molecule has 0 radical (unpaired) electrons. The molecule has 0 saturated carbocycles. The van der Waals surface area contributed by atoms with Gasteiger partial charge in [0.15, 0.2) is 17.3 Å². The average Bonchev–Trinajstić information content (AvgIpc) is 3.40. The fraction of sp³-hybridized carbons (Fsp3) is 0.353. The first-order valence-electron chi connectivity index (χ1n) is 8.68. The maximum atomic E-state index is 12.6. The van der Waals surface area contributed by atoms with E-state index in [0.717, 1.165) is 31.1 Å². The van der Waals surface area contributed by atoms with Gasteiger partial charge in [0.05, 0.1) is 12.0 Å². The average molecular weight is 401 g/mol. The Bertz CT molecular complexity index is 952. The van der Waals surface area contributed by atoms with Gasteiger partial charge in [-0.25, -0.2) is 0 Å². The highest BCUT2D eigenvalue weighted by molar-refractivity contribution is 7.13. The van der Waals surface area contributed by atoms with Gasteiger partial charge in [0.1, 0.15) is 0 Å². The Kier molecular flexibility index (Phi) is 5.17. The van der Waals surface area contributed by atoms with Gasteiger partial charge < -0.3 is 19.0 Å². The third-order valence-electron chi connectivity index (χ3n) is 4.39. The number of hydrogen-bond acceptors (Lipinski definition) is 10. The van der Waals surface area contributed by atoms with E-state index >= 15 is 0 Å². The Balaban J connectivity index is 1.49. The van der Waals surface area contributed by atoms with E-state index in [-0.39, 0.29) is 11.7 Å². The van der Waals surface area contributed by atoms with Crippen LogP contribution in [0.4, 0.5) is 11.8 Å². The number of thiophene rings is 1. The number of carbonyl (C=O) groups is 1. The molecule has 11 heteroatoms. The highest BCUT2D eigenvalue weighted by atomic mass is 32.1. The van der Waals surface area contributed by atoms with Crippen LogP contribution in [0.5, 0.6) is 5.75 Å². The molecule has 0 unspecified atom stereocenters. The second kappa shape index (κ2) is 7.90. The second-order valence-electron chi connectivity index (χ2n) is 6.25. The van der Waals surface area contributed by atoms with Gasteiger partial charge in [-0.1, -0.05) is 11.2 Å². The Morgan fingerprint density at radius 3 is 2.75 bits per heavy atom. The summed E-state index contributed by atoms with van der Waals surface area (Å²) in [7, 11) is 3.57. The van der Waals surface area contributed by atoms with E-state index in [9.17, 15) is 4.79 Å². The summed E-state index contributed by atoms with van der Waals surface area (Å²) in [6.45, 7) is 3.56. The van der Waals surface area contributed by atoms with Crippen molar-refractivity contribution in [3.05, 3.63) is 29.3 Å². The molecule has 0 aromatic carbocycles. The maximum absolute atomic E-state index is 12.6. The maximum Gasteiger partial charge on any atom is 0.322 e. The Hall–Kier alpha value is -3.05. The van der Waals surface area contributed by atoms with Crippen molar-refractivity contribution in [2.45, 2.75) is 0 Å². The van der Waals surface area contributed by atoms with Crippen LogP contribution in [-0.4, -0.2) is 71.5 Å². The quantitative estimate of drug-likeness (QED) is 0.681. The molecule has 1 aliphatic rings. The molecule has 4 heterocycles. The molecular formula is C17H19N7O3S. The summed E-state index contributed by atoms with van der Waals surface area (Å²) >= 11 is 1.47. The van der Waals surface area contributed by atoms with Crippen molar-refractivity contribution in [1.29, 1.82) is 0 Å². The molecule has 1 amide bonds. The van der Waals surface area contributed by atoms with E-state index in [1.165, 1.54) is 18.4 Å². The van der Waals surface area contributed by atoms with E-state index in [0.29, 0.717) is 17.5 Å². The number of methoxy groups -OCH3 is 1. The molecule has 1 fully saturated rings. The first-order chi connectivity index (χ1) is 13.6. The van der Waals surface area contributed by atoms with Gasteiger partial charge in [0, 0.05) is 32.2 Å². The molecule has 1 saturated heterocycles. The SMILES string of the molecule is COc1cc(N2CCN(C)CC2)nnc1C(=O)Nc1nnc(-c2cccs2)o1. The summed E-state index contributed by atoms with van der Waals surface area (Å²) in [4.78, 5) is 17.8. The van der Waals surface area contributed by atoms with Crippen LogP contribution in [0.2, 0.25) is 0 Å². The zero-order chi connectivity index (χ0) is 19.5. The third kappa shape index (κ3) is 3.80. The van der Waals surface area contributed by atoms with Crippen molar-refractivity contribution in [3.63, 3.8) is 0 Å². The predicted octanol–water partition coefficient (Wildman–Crippen LogP) is 1.60. The number of aromatic nitrogens is 4. The first-order valence-corrected chi connectivity index (χ1v) is 9.56. The third-order valence-corrected chi connectivity index (χ3v) is 5.24. The predicted molar refractivity (Wildman–Crippen MR) is 104 cm³/mol. The summed E-state index contributed by atoms with van der Waals surface area (Å²) in [5, 5.41) is 20.5. The fourth-order valence-corrected chi connectivity index (χ4v) is 3.44. The van der Waals surface area contributed by atoms with Gasteiger partial charge in [-0.2, -0.15) is 0 Å². The van der Waals surface area contributed by atoms with E-state index in [1.807, 2.05) is 17.5 Å². The van der Waals surface area contributed by atoms with Crippen molar-refractivity contribution in [2.75, 3.05) is 50.6 Å². The minimum Gasteiger partial charge on any atom is -0.494 e. The molecule has 4 rings (SSSR count). The molecule has 3 aromatic rings. The van der Waals surface area contributed by atoms with Gasteiger partial charge in [0.2, 0.25) is 0 Å². The van der Waals surface area contributed by atoms with Crippen LogP contribution in [0.25, 0.3) is 10.8 Å². The molecule has 146 valence electrons. The molecular weight excluding hydrogens is 382 g/mol. The van der Waals surface area contributed by atoms with Crippen LogP contribution in [0.3, 0.4) is 0 Å². The fourth-order valence-electron chi connectivity index (χ4n) is 2.80. The molecule has 3 aromatic heterocycles. The molecule has 10 nitrogen and oxygen atoms in total. The molecule has 0 bridgehead atoms. The molecule has 1 N–H and O–H groups in total. The second-order valence-corrected chi connectivity index (χ2v) is 7.20. The smallest absolute Gasteiger partial charge is 0.322 e. The van der Waals surface area contributed by atoms with Crippen molar-refractivity contribution in [3.8, 4) is 16.5 Å². The first kappa shape index (κ1) is 18.3. The molecule has 0 spiro atoms. The number of carbonyl (C=O) groups excluding carboxylic acids is 1. The number of nitrogens with zero attached hydrogens (tertiary/aromatic N) is 6. The molecule has 1 aliphatic heterocycles. The van der Waals surface area contributed by atoms with E-state index in [4.69, 9.17) is 9.15 Å². The van der Waals surface area contributed by atoms with E-state index in [2.05, 4.69) is 42.6 Å². The number of piperazine rings is 1. The number of ether oxygens (including phenoxy) is 1. The van der Waals surface area contributed by atoms with Crippen molar-refractivity contribution in [2.24, 2.45) is 0 Å². The summed E-state index contributed by atoms with van der Waals surface area (Å²) in [6, 6.07) is 5.44. The molecule has 28 heavy (non-hydrogen) atoms. The van der Waals surface area contributed by atoms with E-state index < -0.39 is 5.91 Å². The van der Waals surface area contributed by atoms with Crippen LogP contribution < -0.4 is 15.0 Å². The van der Waals surface area contributed by atoms with Crippen molar-refractivity contribution < 1.29 is 13.9 Å². The number of anilines is 2. The number of likely N-dealkylation sites (N-methyl/N-ethyl adjacent to an activating group) is 1. The topological polar surface area (TPSA) is 110 Å². The zero-order valence-electron chi connectivity index (χ0n) is 15.5. The lowest BCUT2D eigenvalue weighted by Gasteiger charge is -2.33. The number of amides is 1.